The predicted molar refractivity (Wildman–Crippen MR) is 114 cm³/mol. The lowest BCUT2D eigenvalue weighted by Crippen LogP contribution is -2.28. The summed E-state index contributed by atoms with van der Waals surface area (Å²) in [4.78, 5) is 12.9. The van der Waals surface area contributed by atoms with Gasteiger partial charge in [-0.3, -0.25) is 14.9 Å². The molecule has 0 aliphatic rings. The number of hydrogen-bond acceptors (Lipinski definition) is 3. The van der Waals surface area contributed by atoms with Crippen molar-refractivity contribution < 1.29 is 8.78 Å². The molecule has 1 heterocycles. The van der Waals surface area contributed by atoms with E-state index < -0.39 is 11.6 Å². The fourth-order valence-corrected chi connectivity index (χ4v) is 2.97. The largest absolute Gasteiger partial charge is 0.325 e. The number of hydrazone groups is 1. The van der Waals surface area contributed by atoms with Gasteiger partial charge < -0.3 is 5.32 Å². The van der Waals surface area contributed by atoms with Crippen molar-refractivity contribution >= 4 is 28.7 Å². The summed E-state index contributed by atoms with van der Waals surface area (Å²) in [5, 5.41) is 6.86. The zero-order chi connectivity index (χ0) is 21.1. The molecule has 0 saturated carbocycles. The van der Waals surface area contributed by atoms with Gasteiger partial charge >= 0.3 is 0 Å². The Bertz CT molecular complexity index is 1150. The quantitative estimate of drug-likeness (QED) is 0.389. The van der Waals surface area contributed by atoms with Crippen LogP contribution in [0, 0.1) is 18.6 Å². The van der Waals surface area contributed by atoms with Crippen molar-refractivity contribution in [3.63, 3.8) is 0 Å². The molecule has 0 bridgehead atoms. The van der Waals surface area contributed by atoms with Crippen LogP contribution in [-0.4, -0.2) is 20.2 Å². The van der Waals surface area contributed by atoms with Gasteiger partial charge in [-0.05, 0) is 56.4 Å². The van der Waals surface area contributed by atoms with Gasteiger partial charge in [0.25, 0.3) is 5.56 Å². The molecule has 0 unspecified atom stereocenters. The Hall–Kier alpha value is -3.33. The number of thiocarbonyl (C=S) groups is 1. The molecule has 0 aliphatic heterocycles. The van der Waals surface area contributed by atoms with Gasteiger partial charge in [0, 0.05) is 12.6 Å². The molecule has 0 atom stereocenters. The molecule has 29 heavy (non-hydrogen) atoms. The maximum absolute atomic E-state index is 13.8. The molecule has 150 valence electrons. The van der Waals surface area contributed by atoms with E-state index >= 15 is 0 Å². The van der Waals surface area contributed by atoms with E-state index in [1.807, 2.05) is 30.3 Å². The average Bonchev–Trinajstić information content (AvgIpc) is 2.92. The van der Waals surface area contributed by atoms with Gasteiger partial charge in [-0.1, -0.05) is 18.2 Å². The number of nitrogens with one attached hydrogen (secondary N) is 2. The number of aromatic nitrogens is 2. The first-order valence-corrected chi connectivity index (χ1v) is 9.11. The van der Waals surface area contributed by atoms with Crippen LogP contribution in [0.2, 0.25) is 0 Å². The average molecular weight is 415 g/mol. The van der Waals surface area contributed by atoms with Gasteiger partial charge in [0.1, 0.15) is 17.3 Å². The molecule has 0 saturated heterocycles. The van der Waals surface area contributed by atoms with Gasteiger partial charge in [0.2, 0.25) is 0 Å². The molecule has 9 heteroatoms. The van der Waals surface area contributed by atoms with Crippen LogP contribution < -0.4 is 16.3 Å². The van der Waals surface area contributed by atoms with Crippen LogP contribution in [0.4, 0.5) is 14.5 Å². The van der Waals surface area contributed by atoms with Gasteiger partial charge in [0.05, 0.1) is 17.1 Å². The molecule has 0 aliphatic carbocycles. The van der Waals surface area contributed by atoms with Gasteiger partial charge in [0.15, 0.2) is 5.11 Å². The van der Waals surface area contributed by atoms with Crippen molar-refractivity contribution in [1.29, 1.82) is 0 Å². The molecule has 2 aromatic carbocycles. The zero-order valence-corrected chi connectivity index (χ0v) is 16.8. The zero-order valence-electron chi connectivity index (χ0n) is 16.0. The first-order valence-electron chi connectivity index (χ1n) is 8.70. The molecule has 0 fully saturated rings. The Morgan fingerprint density at radius 1 is 1.14 bits per heavy atom. The normalized spacial score (nSPS) is 11.4. The highest BCUT2D eigenvalue weighted by Gasteiger charge is 2.17. The third-order valence-electron chi connectivity index (χ3n) is 4.44. The molecule has 3 rings (SSSR count). The summed E-state index contributed by atoms with van der Waals surface area (Å²) in [5.41, 5.74) is 4.17. The van der Waals surface area contributed by atoms with Gasteiger partial charge in [-0.2, -0.15) is 5.10 Å². The summed E-state index contributed by atoms with van der Waals surface area (Å²) < 4.78 is 30.4. The van der Waals surface area contributed by atoms with Crippen LogP contribution in [-0.2, 0) is 7.05 Å². The summed E-state index contributed by atoms with van der Waals surface area (Å²) in [6, 6.07) is 12.3. The molecular formula is C20H19F2N5OS. The maximum Gasteiger partial charge on any atom is 0.295 e. The lowest BCUT2D eigenvalue weighted by Gasteiger charge is -2.08. The van der Waals surface area contributed by atoms with Crippen molar-refractivity contribution in [1.82, 2.24) is 14.8 Å². The predicted octanol–water partition coefficient (Wildman–Crippen LogP) is 3.47. The topological polar surface area (TPSA) is 63.4 Å². The molecule has 1 aromatic heterocycles. The standard InChI is InChI=1S/C20H19F2N5OS/c1-12(16-11-14(21)9-10-17(16)22)24-25-20(29)23-18-13(2)26(3)27(19(18)28)15-7-5-4-6-8-15/h4-11H,1-3H3,(H2,23,25,29)/b24-12-. The van der Waals surface area contributed by atoms with Crippen LogP contribution >= 0.6 is 12.2 Å². The van der Waals surface area contributed by atoms with Crippen molar-refractivity contribution in [3.8, 4) is 5.69 Å². The summed E-state index contributed by atoms with van der Waals surface area (Å²) in [6.07, 6.45) is 0. The number of para-hydroxylation sites is 1. The summed E-state index contributed by atoms with van der Waals surface area (Å²) in [5.74, 6) is -1.17. The highest BCUT2D eigenvalue weighted by molar-refractivity contribution is 7.80. The molecule has 0 spiro atoms. The van der Waals surface area contributed by atoms with E-state index in [1.165, 1.54) is 11.6 Å². The van der Waals surface area contributed by atoms with E-state index in [1.54, 1.807) is 18.7 Å². The second-order valence-corrected chi connectivity index (χ2v) is 6.73. The van der Waals surface area contributed by atoms with Gasteiger partial charge in [-0.15, -0.1) is 0 Å². The molecule has 3 aromatic rings. The molecule has 2 N–H and O–H groups in total. The summed E-state index contributed by atoms with van der Waals surface area (Å²) in [6.45, 7) is 3.30. The lowest BCUT2D eigenvalue weighted by atomic mass is 10.1. The third kappa shape index (κ3) is 4.24. The summed E-state index contributed by atoms with van der Waals surface area (Å²) >= 11 is 5.20. The fourth-order valence-electron chi connectivity index (χ4n) is 2.82. The van der Waals surface area contributed by atoms with Crippen LogP contribution in [0.3, 0.4) is 0 Å². The Labute approximate surface area is 171 Å². The van der Waals surface area contributed by atoms with Gasteiger partial charge in [-0.25, -0.2) is 13.5 Å². The van der Waals surface area contributed by atoms with Crippen molar-refractivity contribution in [2.45, 2.75) is 13.8 Å². The summed E-state index contributed by atoms with van der Waals surface area (Å²) in [7, 11) is 1.76. The minimum atomic E-state index is -0.599. The number of anilines is 1. The Morgan fingerprint density at radius 3 is 2.52 bits per heavy atom. The molecule has 0 radical (unpaired) electrons. The molecule has 0 amide bonds. The number of nitrogens with zero attached hydrogens (tertiary/aromatic N) is 3. The van der Waals surface area contributed by atoms with Crippen LogP contribution in [0.5, 0.6) is 0 Å². The monoisotopic (exact) mass is 415 g/mol. The maximum atomic E-state index is 13.8. The Kier molecular flexibility index (Phi) is 5.88. The fraction of sp³-hybridized carbons (Fsp3) is 0.150. The number of halogens is 2. The molecule has 6 nitrogen and oxygen atoms in total. The number of benzene rings is 2. The van der Waals surface area contributed by atoms with Crippen molar-refractivity contribution in [2.24, 2.45) is 12.1 Å². The Balaban J connectivity index is 1.81. The van der Waals surface area contributed by atoms with E-state index in [2.05, 4.69) is 15.8 Å². The third-order valence-corrected chi connectivity index (χ3v) is 4.63. The van der Waals surface area contributed by atoms with E-state index in [0.29, 0.717) is 17.1 Å². The van der Waals surface area contributed by atoms with E-state index in [9.17, 15) is 13.6 Å². The van der Waals surface area contributed by atoms with E-state index in [4.69, 9.17) is 12.2 Å². The van der Waals surface area contributed by atoms with E-state index in [0.717, 1.165) is 18.2 Å². The highest BCUT2D eigenvalue weighted by atomic mass is 32.1. The number of hydrogen-bond donors (Lipinski definition) is 2. The first-order chi connectivity index (χ1) is 13.8. The SMILES string of the molecule is C/C(=N/NC(=S)Nc1c(C)n(C)n(-c2ccccc2)c1=O)c1cc(F)ccc1F. The highest BCUT2D eigenvalue weighted by Crippen LogP contribution is 2.14. The van der Waals surface area contributed by atoms with Crippen molar-refractivity contribution in [2.75, 3.05) is 5.32 Å². The minimum absolute atomic E-state index is 0.0163. The Morgan fingerprint density at radius 2 is 1.83 bits per heavy atom. The first kappa shape index (κ1) is 20.4. The van der Waals surface area contributed by atoms with Crippen LogP contribution in [0.1, 0.15) is 18.2 Å². The second kappa shape index (κ2) is 8.36. The van der Waals surface area contributed by atoms with E-state index in [-0.39, 0.29) is 21.9 Å². The second-order valence-electron chi connectivity index (χ2n) is 6.32. The smallest absolute Gasteiger partial charge is 0.295 e. The lowest BCUT2D eigenvalue weighted by molar-refractivity contribution is 0.598. The van der Waals surface area contributed by atoms with Crippen molar-refractivity contribution in [3.05, 3.63) is 81.8 Å². The number of rotatable bonds is 4. The minimum Gasteiger partial charge on any atom is -0.325 e. The molecular weight excluding hydrogens is 396 g/mol. The van der Waals surface area contributed by atoms with Crippen LogP contribution in [0.25, 0.3) is 5.69 Å². The van der Waals surface area contributed by atoms with Crippen LogP contribution in [0.15, 0.2) is 58.4 Å².